The summed E-state index contributed by atoms with van der Waals surface area (Å²) in [4.78, 5) is 15.1. The molecule has 0 spiro atoms. The number of carbonyl (C=O) groups excluding carboxylic acids is 1. The van der Waals surface area contributed by atoms with Crippen molar-refractivity contribution < 1.29 is 30.0 Å². The molecule has 1 aromatic heterocycles. The predicted molar refractivity (Wildman–Crippen MR) is 131 cm³/mol. The fourth-order valence-corrected chi connectivity index (χ4v) is 3.53. The first-order valence-electron chi connectivity index (χ1n) is 10.6. The second-order valence-corrected chi connectivity index (χ2v) is 9.41. The van der Waals surface area contributed by atoms with Gasteiger partial charge in [-0.15, -0.1) is 34.9 Å². The van der Waals surface area contributed by atoms with E-state index in [-0.39, 0.29) is 37.1 Å². The largest absolute Gasteiger partial charge is 0.512 e. The van der Waals surface area contributed by atoms with Crippen molar-refractivity contribution in [2.45, 2.75) is 67.7 Å². The molecule has 0 unspecified atom stereocenters. The van der Waals surface area contributed by atoms with Gasteiger partial charge >= 0.3 is 0 Å². The van der Waals surface area contributed by atoms with Crippen molar-refractivity contribution >= 4 is 16.7 Å². The summed E-state index contributed by atoms with van der Waals surface area (Å²) in [7, 11) is 0. The molecule has 1 radical (unpaired) electrons. The van der Waals surface area contributed by atoms with E-state index in [0.717, 1.165) is 22.3 Å². The van der Waals surface area contributed by atoms with Gasteiger partial charge in [-0.2, -0.15) is 0 Å². The number of rotatable bonds is 2. The zero-order chi connectivity index (χ0) is 23.5. The van der Waals surface area contributed by atoms with Crippen LogP contribution in [0, 0.1) is 33.8 Å². The Labute approximate surface area is 206 Å². The number of carbonyl (C=O) groups is 1. The molecule has 3 nitrogen and oxygen atoms in total. The Bertz CT molecular complexity index is 1130. The quantitative estimate of drug-likeness (QED) is 0.189. The fourth-order valence-electron chi connectivity index (χ4n) is 3.53. The van der Waals surface area contributed by atoms with Crippen LogP contribution in [0.5, 0.6) is 0 Å². The smallest absolute Gasteiger partial charge is 0.155 e. The summed E-state index contributed by atoms with van der Waals surface area (Å²) < 4.78 is 0. The number of fused-ring (bicyclic) bond motifs is 1. The Hall–Kier alpha value is -2.29. The number of aromatic nitrogens is 1. The molecule has 0 fully saturated rings. The summed E-state index contributed by atoms with van der Waals surface area (Å²) in [5.74, 6) is -0.0625. The van der Waals surface area contributed by atoms with E-state index in [0.29, 0.717) is 0 Å². The maximum atomic E-state index is 10.0. The van der Waals surface area contributed by atoms with Crippen LogP contribution in [0.15, 0.2) is 42.2 Å². The molecule has 0 bridgehead atoms. The molecule has 32 heavy (non-hydrogen) atoms. The third kappa shape index (κ3) is 7.39. The van der Waals surface area contributed by atoms with Gasteiger partial charge in [0.15, 0.2) is 5.78 Å². The molecule has 1 heterocycles. The number of aliphatic hydroxyl groups is 1. The number of allylic oxidation sites excluding steroid dienone is 2. The minimum Gasteiger partial charge on any atom is -0.512 e. The van der Waals surface area contributed by atoms with Crippen LogP contribution < -0.4 is 0 Å². The SMILES string of the molecule is CC(=O)/C=C(/C)O.Cc1[c-]c(-c2nc3cc(C)c(C)cc3cc2C(C)(C)C)cc(C)c1.[Ir]. The van der Waals surface area contributed by atoms with E-state index in [4.69, 9.17) is 10.1 Å². The fraction of sp³-hybridized carbons (Fsp3) is 0.357. The molecule has 0 aliphatic heterocycles. The maximum Gasteiger partial charge on any atom is 0.155 e. The second kappa shape index (κ2) is 11.0. The number of pyridine rings is 1. The molecule has 0 saturated carbocycles. The van der Waals surface area contributed by atoms with Crippen LogP contribution in [0.4, 0.5) is 0 Å². The van der Waals surface area contributed by atoms with Gasteiger partial charge in [0.1, 0.15) is 0 Å². The van der Waals surface area contributed by atoms with E-state index in [1.54, 1.807) is 0 Å². The number of aryl methyl sites for hydroxylation is 4. The first kappa shape index (κ1) is 27.7. The minimum atomic E-state index is -0.125. The van der Waals surface area contributed by atoms with Crippen molar-refractivity contribution in [2.75, 3.05) is 0 Å². The van der Waals surface area contributed by atoms with Crippen LogP contribution in [0.3, 0.4) is 0 Å². The van der Waals surface area contributed by atoms with Crippen molar-refractivity contribution in [2.24, 2.45) is 0 Å². The van der Waals surface area contributed by atoms with E-state index in [2.05, 4.69) is 84.9 Å². The zero-order valence-corrected chi connectivity index (χ0v) is 23.0. The molecule has 173 valence electrons. The van der Waals surface area contributed by atoms with Gasteiger partial charge in [-0.25, -0.2) is 0 Å². The molecule has 3 rings (SSSR count). The number of aliphatic hydroxyl groups excluding tert-OH is 1. The van der Waals surface area contributed by atoms with Crippen molar-refractivity contribution in [1.82, 2.24) is 4.98 Å². The Morgan fingerprint density at radius 3 is 2.03 bits per heavy atom. The molecule has 0 aliphatic rings. The van der Waals surface area contributed by atoms with Gasteiger partial charge in [0.2, 0.25) is 0 Å². The number of nitrogens with zero attached hydrogens (tertiary/aromatic N) is 1. The Balaban J connectivity index is 0.000000558. The molecule has 0 aliphatic carbocycles. The van der Waals surface area contributed by atoms with Gasteiger partial charge in [0.05, 0.1) is 11.3 Å². The third-order valence-corrected chi connectivity index (χ3v) is 5.05. The standard InChI is InChI=1S/C23H26N.C5H8O2.Ir/c1-14-8-15(2)10-19(9-14)22-20(23(5,6)7)13-18-11-16(3)17(4)12-21(18)24-22;1-4(6)3-5(2)7;/h8-9,11-13H,1-7H3;3,6H,1-2H3;/q-1;;/b;4-3-;. The molecule has 0 saturated heterocycles. The third-order valence-electron chi connectivity index (χ3n) is 5.05. The van der Waals surface area contributed by atoms with E-state index in [9.17, 15) is 4.79 Å². The van der Waals surface area contributed by atoms with Gasteiger partial charge in [-0.05, 0) is 67.4 Å². The first-order chi connectivity index (χ1) is 14.3. The molecular formula is C28H34IrNO2-. The molecule has 0 amide bonds. The van der Waals surface area contributed by atoms with E-state index < -0.39 is 0 Å². The van der Waals surface area contributed by atoms with Crippen LogP contribution in [-0.2, 0) is 30.3 Å². The van der Waals surface area contributed by atoms with Crippen LogP contribution >= 0.6 is 0 Å². The molecule has 4 heteroatoms. The van der Waals surface area contributed by atoms with Crippen molar-refractivity contribution in [3.63, 3.8) is 0 Å². The monoisotopic (exact) mass is 609 g/mol. The maximum absolute atomic E-state index is 10.0. The van der Waals surface area contributed by atoms with E-state index in [1.807, 2.05) is 0 Å². The normalized spacial score (nSPS) is 11.5. The summed E-state index contributed by atoms with van der Waals surface area (Å²) in [6, 6.07) is 14.6. The van der Waals surface area contributed by atoms with Crippen LogP contribution in [0.2, 0.25) is 0 Å². The summed E-state index contributed by atoms with van der Waals surface area (Å²) in [6.45, 7) is 18.2. The Kier molecular flexibility index (Phi) is 9.56. The summed E-state index contributed by atoms with van der Waals surface area (Å²) in [5, 5.41) is 9.58. The average Bonchev–Trinajstić information content (AvgIpc) is 2.59. The first-order valence-corrected chi connectivity index (χ1v) is 10.6. The molecule has 0 atom stereocenters. The molecule has 1 N–H and O–H groups in total. The van der Waals surface area contributed by atoms with Crippen LogP contribution in [0.1, 0.15) is 62.4 Å². The van der Waals surface area contributed by atoms with Crippen molar-refractivity contribution in [3.8, 4) is 11.3 Å². The van der Waals surface area contributed by atoms with Crippen molar-refractivity contribution in [1.29, 1.82) is 0 Å². The van der Waals surface area contributed by atoms with Gasteiger partial charge in [-0.1, -0.05) is 46.2 Å². The van der Waals surface area contributed by atoms with Crippen molar-refractivity contribution in [3.05, 3.63) is 76.1 Å². The number of benzene rings is 2. The average molecular weight is 609 g/mol. The molecule has 2 aromatic carbocycles. The summed E-state index contributed by atoms with van der Waals surface area (Å²) in [5.41, 5.74) is 9.54. The van der Waals surface area contributed by atoms with E-state index >= 15 is 0 Å². The Morgan fingerprint density at radius 2 is 1.56 bits per heavy atom. The number of ketones is 1. The predicted octanol–water partition coefficient (Wildman–Crippen LogP) is 7.27. The van der Waals surface area contributed by atoms with Gasteiger partial charge in [0, 0.05) is 26.2 Å². The molecular weight excluding hydrogens is 575 g/mol. The van der Waals surface area contributed by atoms with Gasteiger partial charge in [-0.3, -0.25) is 9.78 Å². The topological polar surface area (TPSA) is 50.2 Å². The zero-order valence-electron chi connectivity index (χ0n) is 20.6. The van der Waals surface area contributed by atoms with Gasteiger partial charge < -0.3 is 5.11 Å². The molecule has 3 aromatic rings. The number of hydrogen-bond acceptors (Lipinski definition) is 3. The van der Waals surface area contributed by atoms with Crippen LogP contribution in [0.25, 0.3) is 22.2 Å². The minimum absolute atomic E-state index is 0. The summed E-state index contributed by atoms with van der Waals surface area (Å²) in [6.07, 6.45) is 1.17. The van der Waals surface area contributed by atoms with Gasteiger partial charge in [0.25, 0.3) is 0 Å². The van der Waals surface area contributed by atoms with E-state index in [1.165, 1.54) is 47.6 Å². The second-order valence-electron chi connectivity index (χ2n) is 9.41. The van der Waals surface area contributed by atoms with Crippen LogP contribution in [-0.4, -0.2) is 15.9 Å². The number of hydrogen-bond donors (Lipinski definition) is 1. The summed E-state index contributed by atoms with van der Waals surface area (Å²) >= 11 is 0. The Morgan fingerprint density at radius 1 is 0.969 bits per heavy atom.